The summed E-state index contributed by atoms with van der Waals surface area (Å²) in [6.45, 7) is 3.29. The molecule has 0 bridgehead atoms. The quantitative estimate of drug-likeness (QED) is 0.448. The zero-order valence-electron chi connectivity index (χ0n) is 16.7. The predicted molar refractivity (Wildman–Crippen MR) is 116 cm³/mol. The van der Waals surface area contributed by atoms with E-state index in [2.05, 4.69) is 17.1 Å². The topological polar surface area (TPSA) is 88.6 Å². The number of furan rings is 1. The molecule has 1 fully saturated rings. The van der Waals surface area contributed by atoms with Gasteiger partial charge in [-0.2, -0.15) is 0 Å². The van der Waals surface area contributed by atoms with Crippen LogP contribution in [0, 0.1) is 10.1 Å². The number of piperidine rings is 1. The van der Waals surface area contributed by atoms with Gasteiger partial charge in [-0.05, 0) is 68.7 Å². The van der Waals surface area contributed by atoms with Gasteiger partial charge in [0, 0.05) is 30.0 Å². The van der Waals surface area contributed by atoms with Gasteiger partial charge in [0.2, 0.25) is 0 Å². The van der Waals surface area contributed by atoms with E-state index in [1.807, 2.05) is 24.3 Å². The second kappa shape index (κ2) is 8.41. The molecule has 30 heavy (non-hydrogen) atoms. The van der Waals surface area contributed by atoms with E-state index in [1.54, 1.807) is 24.3 Å². The Morgan fingerprint density at radius 2 is 1.87 bits per heavy atom. The first-order valence-electron chi connectivity index (χ1n) is 10.0. The minimum Gasteiger partial charge on any atom is -0.451 e. The highest BCUT2D eigenvalue weighted by Crippen LogP contribution is 2.31. The van der Waals surface area contributed by atoms with Crippen LogP contribution in [0.3, 0.4) is 0 Å². The number of nitro groups is 1. The number of para-hydroxylation sites is 1. The number of amides is 1. The number of benzene rings is 2. The summed E-state index contributed by atoms with van der Waals surface area (Å²) in [4.78, 5) is 25.7. The van der Waals surface area contributed by atoms with Gasteiger partial charge in [0.15, 0.2) is 5.76 Å². The standard InChI is InChI=1S/C23H23N3O4/c1-16-6-4-5-15-25(16)18-11-9-17(10-12-18)24-23(27)22-14-13-21(30-22)19-7-2-3-8-20(19)26(28)29/h2-3,7-14,16H,4-6,15H2,1H3,(H,24,27)/t16-/m1/s1. The predicted octanol–water partition coefficient (Wildman–Crippen LogP) is 5.49. The van der Waals surface area contributed by atoms with Crippen LogP contribution < -0.4 is 10.2 Å². The average Bonchev–Trinajstić information content (AvgIpc) is 3.25. The molecule has 0 aliphatic carbocycles. The van der Waals surface area contributed by atoms with Gasteiger partial charge in [0.1, 0.15) is 5.76 Å². The molecular weight excluding hydrogens is 382 g/mol. The number of nitrogens with zero attached hydrogens (tertiary/aromatic N) is 2. The van der Waals surface area contributed by atoms with Crippen LogP contribution in [0.15, 0.2) is 65.1 Å². The van der Waals surface area contributed by atoms with Gasteiger partial charge >= 0.3 is 0 Å². The summed E-state index contributed by atoms with van der Waals surface area (Å²) < 4.78 is 5.60. The molecule has 3 aromatic rings. The van der Waals surface area contributed by atoms with Crippen LogP contribution in [-0.4, -0.2) is 23.4 Å². The number of rotatable bonds is 5. The molecule has 154 valence electrons. The van der Waals surface area contributed by atoms with Crippen molar-refractivity contribution in [2.75, 3.05) is 16.8 Å². The van der Waals surface area contributed by atoms with Crippen molar-refractivity contribution in [3.8, 4) is 11.3 Å². The smallest absolute Gasteiger partial charge is 0.291 e. The SMILES string of the molecule is C[C@@H]1CCCCN1c1ccc(NC(=O)c2ccc(-c3ccccc3[N+](=O)[O-])o2)cc1. The van der Waals surface area contributed by atoms with Crippen molar-refractivity contribution in [3.63, 3.8) is 0 Å². The first-order valence-corrected chi connectivity index (χ1v) is 10.0. The zero-order chi connectivity index (χ0) is 21.1. The summed E-state index contributed by atoms with van der Waals surface area (Å²) in [5.41, 5.74) is 2.08. The Kier molecular flexibility index (Phi) is 5.52. The van der Waals surface area contributed by atoms with Crippen LogP contribution in [0.4, 0.5) is 17.1 Å². The highest BCUT2D eigenvalue weighted by atomic mass is 16.6. The molecule has 7 heteroatoms. The monoisotopic (exact) mass is 405 g/mol. The van der Waals surface area contributed by atoms with E-state index >= 15 is 0 Å². The van der Waals surface area contributed by atoms with Crippen molar-refractivity contribution in [1.82, 2.24) is 0 Å². The molecular formula is C23H23N3O4. The Balaban J connectivity index is 1.47. The van der Waals surface area contributed by atoms with E-state index in [9.17, 15) is 14.9 Å². The average molecular weight is 405 g/mol. The fourth-order valence-electron chi connectivity index (χ4n) is 3.86. The Hall–Kier alpha value is -3.61. The second-order valence-electron chi connectivity index (χ2n) is 7.48. The number of hydrogen-bond donors (Lipinski definition) is 1. The molecule has 1 saturated heterocycles. The fourth-order valence-corrected chi connectivity index (χ4v) is 3.86. The molecule has 0 spiro atoms. The van der Waals surface area contributed by atoms with Gasteiger partial charge in [-0.25, -0.2) is 0 Å². The minimum absolute atomic E-state index is 0.0682. The van der Waals surface area contributed by atoms with E-state index in [0.29, 0.717) is 17.3 Å². The first kappa shape index (κ1) is 19.7. The van der Waals surface area contributed by atoms with Crippen LogP contribution in [0.25, 0.3) is 11.3 Å². The zero-order valence-corrected chi connectivity index (χ0v) is 16.7. The maximum absolute atomic E-state index is 12.6. The lowest BCUT2D eigenvalue weighted by atomic mass is 10.0. The second-order valence-corrected chi connectivity index (χ2v) is 7.48. The van der Waals surface area contributed by atoms with Crippen LogP contribution >= 0.6 is 0 Å². The molecule has 1 aromatic heterocycles. The molecule has 2 aromatic carbocycles. The summed E-state index contributed by atoms with van der Waals surface area (Å²) in [6, 6.07) is 17.7. The summed E-state index contributed by atoms with van der Waals surface area (Å²) in [7, 11) is 0. The molecule has 0 unspecified atom stereocenters. The lowest BCUT2D eigenvalue weighted by Crippen LogP contribution is -2.37. The molecule has 0 saturated carbocycles. The Morgan fingerprint density at radius 1 is 1.10 bits per heavy atom. The van der Waals surface area contributed by atoms with Crippen molar-refractivity contribution in [1.29, 1.82) is 0 Å². The lowest BCUT2D eigenvalue weighted by Gasteiger charge is -2.35. The van der Waals surface area contributed by atoms with E-state index in [4.69, 9.17) is 4.42 Å². The minimum atomic E-state index is -0.470. The normalized spacial score (nSPS) is 16.3. The van der Waals surface area contributed by atoms with Crippen LogP contribution in [0.2, 0.25) is 0 Å². The van der Waals surface area contributed by atoms with Crippen molar-refractivity contribution in [2.24, 2.45) is 0 Å². The van der Waals surface area contributed by atoms with E-state index in [1.165, 1.54) is 31.4 Å². The summed E-state index contributed by atoms with van der Waals surface area (Å²) >= 11 is 0. The Bertz CT molecular complexity index is 1060. The molecule has 0 radical (unpaired) electrons. The van der Waals surface area contributed by atoms with Gasteiger partial charge in [-0.15, -0.1) is 0 Å². The number of nitrogens with one attached hydrogen (secondary N) is 1. The van der Waals surface area contributed by atoms with Crippen molar-refractivity contribution < 1.29 is 14.1 Å². The summed E-state index contributed by atoms with van der Waals surface area (Å²) in [5.74, 6) is -0.0299. The van der Waals surface area contributed by atoms with Crippen LogP contribution in [-0.2, 0) is 0 Å². The molecule has 1 aliphatic rings. The van der Waals surface area contributed by atoms with Gasteiger partial charge in [0.25, 0.3) is 11.6 Å². The highest BCUT2D eigenvalue weighted by Gasteiger charge is 2.20. The molecule has 2 heterocycles. The molecule has 1 amide bonds. The Morgan fingerprint density at radius 3 is 2.60 bits per heavy atom. The van der Waals surface area contributed by atoms with Gasteiger partial charge < -0.3 is 14.6 Å². The Labute approximate surface area is 174 Å². The number of carbonyl (C=O) groups excluding carboxylic acids is 1. The van der Waals surface area contributed by atoms with E-state index in [-0.39, 0.29) is 17.2 Å². The van der Waals surface area contributed by atoms with Crippen molar-refractivity contribution in [3.05, 3.63) is 76.5 Å². The van der Waals surface area contributed by atoms with E-state index in [0.717, 1.165) is 12.2 Å². The van der Waals surface area contributed by atoms with Gasteiger partial charge in [-0.3, -0.25) is 14.9 Å². The van der Waals surface area contributed by atoms with Crippen molar-refractivity contribution in [2.45, 2.75) is 32.2 Å². The third-order valence-electron chi connectivity index (χ3n) is 5.46. The fraction of sp³-hybridized carbons (Fsp3) is 0.261. The third kappa shape index (κ3) is 4.05. The molecule has 4 rings (SSSR count). The molecule has 1 aliphatic heterocycles. The molecule has 1 N–H and O–H groups in total. The molecule has 1 atom stereocenters. The number of carbonyl (C=O) groups is 1. The highest BCUT2D eigenvalue weighted by molar-refractivity contribution is 6.02. The number of nitro benzene ring substituents is 1. The molecule has 7 nitrogen and oxygen atoms in total. The third-order valence-corrected chi connectivity index (χ3v) is 5.46. The van der Waals surface area contributed by atoms with Gasteiger partial charge in [-0.1, -0.05) is 12.1 Å². The van der Waals surface area contributed by atoms with Crippen molar-refractivity contribution >= 4 is 23.0 Å². The number of anilines is 2. The van der Waals surface area contributed by atoms with Gasteiger partial charge in [0.05, 0.1) is 10.5 Å². The van der Waals surface area contributed by atoms with Crippen LogP contribution in [0.5, 0.6) is 0 Å². The lowest BCUT2D eigenvalue weighted by molar-refractivity contribution is -0.384. The van der Waals surface area contributed by atoms with E-state index < -0.39 is 10.8 Å². The largest absolute Gasteiger partial charge is 0.451 e. The first-order chi connectivity index (χ1) is 14.5. The maximum atomic E-state index is 12.6. The number of hydrogen-bond acceptors (Lipinski definition) is 5. The summed E-state index contributed by atoms with van der Waals surface area (Å²) in [6.07, 6.45) is 3.66. The van der Waals surface area contributed by atoms with Crippen LogP contribution in [0.1, 0.15) is 36.7 Å². The maximum Gasteiger partial charge on any atom is 0.291 e. The summed E-state index contributed by atoms with van der Waals surface area (Å²) in [5, 5.41) is 14.0.